The SMILES string of the molecule is Clc1ccc(C(c2ccc(Cl)cc2)N2CCN(Cc3nc(NCCc4ccccn4)c4c(n3)=CCC=CC=4)CC2)cc1. The molecule has 4 aromatic rings. The van der Waals surface area contributed by atoms with E-state index in [0.29, 0.717) is 6.54 Å². The number of anilines is 1. The van der Waals surface area contributed by atoms with Gasteiger partial charge in [-0.1, -0.05) is 71.8 Å². The highest BCUT2D eigenvalue weighted by Crippen LogP contribution is 2.31. The Bertz CT molecular complexity index is 1590. The minimum atomic E-state index is 0.137. The highest BCUT2D eigenvalue weighted by atomic mass is 35.5. The molecule has 6 nitrogen and oxygen atoms in total. The number of hydrogen-bond acceptors (Lipinski definition) is 6. The van der Waals surface area contributed by atoms with E-state index in [0.717, 1.165) is 83.5 Å². The summed E-state index contributed by atoms with van der Waals surface area (Å²) < 4.78 is 0. The molecule has 0 saturated carbocycles. The molecule has 0 bridgehead atoms. The third kappa shape index (κ3) is 7.08. The Morgan fingerprint density at radius 2 is 1.55 bits per heavy atom. The number of halogens is 2. The number of fused-ring (bicyclic) bond motifs is 1. The second-order valence-electron chi connectivity index (χ2n) is 10.6. The Morgan fingerprint density at radius 3 is 2.21 bits per heavy atom. The van der Waals surface area contributed by atoms with Gasteiger partial charge in [-0.3, -0.25) is 14.8 Å². The van der Waals surface area contributed by atoms with Crippen molar-refractivity contribution in [1.82, 2.24) is 24.8 Å². The van der Waals surface area contributed by atoms with Gasteiger partial charge in [-0.15, -0.1) is 0 Å². The predicted molar refractivity (Wildman–Crippen MR) is 172 cm³/mol. The summed E-state index contributed by atoms with van der Waals surface area (Å²) in [6, 6.07) is 22.6. The Hall–Kier alpha value is -3.55. The molecular weight excluding hydrogens is 563 g/mol. The molecule has 0 radical (unpaired) electrons. The van der Waals surface area contributed by atoms with Crippen LogP contribution in [0.25, 0.3) is 12.2 Å². The molecule has 1 N–H and O–H groups in total. The third-order valence-corrected chi connectivity index (χ3v) is 8.28. The smallest absolute Gasteiger partial charge is 0.145 e. The highest BCUT2D eigenvalue weighted by molar-refractivity contribution is 6.30. The van der Waals surface area contributed by atoms with Crippen molar-refractivity contribution in [3.05, 3.63) is 128 Å². The zero-order chi connectivity index (χ0) is 28.7. The minimum Gasteiger partial charge on any atom is -0.369 e. The van der Waals surface area contributed by atoms with E-state index in [9.17, 15) is 0 Å². The van der Waals surface area contributed by atoms with Gasteiger partial charge < -0.3 is 5.32 Å². The average molecular weight is 598 g/mol. The van der Waals surface area contributed by atoms with Crippen molar-refractivity contribution in [3.8, 4) is 0 Å². The largest absolute Gasteiger partial charge is 0.369 e. The van der Waals surface area contributed by atoms with E-state index in [4.69, 9.17) is 33.2 Å². The number of hydrogen-bond donors (Lipinski definition) is 1. The third-order valence-electron chi connectivity index (χ3n) is 7.78. The van der Waals surface area contributed by atoms with Gasteiger partial charge in [0.25, 0.3) is 0 Å². The van der Waals surface area contributed by atoms with Crippen molar-refractivity contribution in [2.75, 3.05) is 38.0 Å². The first kappa shape index (κ1) is 28.6. The molecule has 0 unspecified atom stereocenters. The summed E-state index contributed by atoms with van der Waals surface area (Å²) in [5, 5.41) is 7.11. The quantitative estimate of drug-likeness (QED) is 0.284. The summed E-state index contributed by atoms with van der Waals surface area (Å²) in [5.41, 5.74) is 3.52. The van der Waals surface area contributed by atoms with Crippen LogP contribution < -0.4 is 15.9 Å². The Morgan fingerprint density at radius 1 is 0.833 bits per heavy atom. The molecule has 0 amide bonds. The summed E-state index contributed by atoms with van der Waals surface area (Å²) in [6.45, 7) is 5.19. The van der Waals surface area contributed by atoms with Gasteiger partial charge in [0.1, 0.15) is 11.6 Å². The van der Waals surface area contributed by atoms with Crippen molar-refractivity contribution >= 4 is 41.2 Å². The van der Waals surface area contributed by atoms with E-state index < -0.39 is 0 Å². The predicted octanol–water partition coefficient (Wildman–Crippen LogP) is 5.26. The van der Waals surface area contributed by atoms with Crippen LogP contribution in [-0.2, 0) is 13.0 Å². The summed E-state index contributed by atoms with van der Waals surface area (Å²) in [4.78, 5) is 19.4. The number of allylic oxidation sites excluding steroid dienone is 2. The molecule has 2 aliphatic rings. The normalized spacial score (nSPS) is 15.5. The van der Waals surface area contributed by atoms with E-state index in [1.54, 1.807) is 0 Å². The van der Waals surface area contributed by atoms with E-state index in [2.05, 4.69) is 74.7 Å². The molecule has 1 aliphatic carbocycles. The van der Waals surface area contributed by atoms with Gasteiger partial charge in [0.2, 0.25) is 0 Å². The van der Waals surface area contributed by atoms with E-state index in [1.807, 2.05) is 42.6 Å². The lowest BCUT2D eigenvalue weighted by molar-refractivity contribution is 0.103. The number of benzene rings is 2. The molecular formula is C34H34Cl2N6. The van der Waals surface area contributed by atoms with Crippen LogP contribution in [0, 0.1) is 0 Å². The summed E-state index contributed by atoms with van der Waals surface area (Å²) >= 11 is 12.4. The molecule has 8 heteroatoms. The van der Waals surface area contributed by atoms with Crippen LogP contribution >= 0.6 is 23.2 Å². The maximum Gasteiger partial charge on any atom is 0.145 e. The van der Waals surface area contributed by atoms with Crippen LogP contribution in [0.5, 0.6) is 0 Å². The maximum absolute atomic E-state index is 6.22. The summed E-state index contributed by atoms with van der Waals surface area (Å²) in [7, 11) is 0. The zero-order valence-electron chi connectivity index (χ0n) is 23.5. The molecule has 1 saturated heterocycles. The monoisotopic (exact) mass is 596 g/mol. The van der Waals surface area contributed by atoms with Crippen molar-refractivity contribution in [2.24, 2.45) is 0 Å². The zero-order valence-corrected chi connectivity index (χ0v) is 25.0. The lowest BCUT2D eigenvalue weighted by Crippen LogP contribution is -2.48. The van der Waals surface area contributed by atoms with Gasteiger partial charge >= 0.3 is 0 Å². The first-order chi connectivity index (χ1) is 20.6. The maximum atomic E-state index is 6.22. The van der Waals surface area contributed by atoms with Crippen molar-refractivity contribution in [3.63, 3.8) is 0 Å². The van der Waals surface area contributed by atoms with Gasteiger partial charge in [-0.25, -0.2) is 9.97 Å². The van der Waals surface area contributed by atoms with Crippen LogP contribution in [0.1, 0.15) is 35.1 Å². The van der Waals surface area contributed by atoms with Crippen molar-refractivity contribution in [1.29, 1.82) is 0 Å². The van der Waals surface area contributed by atoms with Gasteiger partial charge in [0, 0.05) is 66.3 Å². The fourth-order valence-electron chi connectivity index (χ4n) is 5.62. The van der Waals surface area contributed by atoms with E-state index >= 15 is 0 Å². The average Bonchev–Trinajstić information content (AvgIpc) is 3.26. The molecule has 0 atom stereocenters. The summed E-state index contributed by atoms with van der Waals surface area (Å²) in [6.07, 6.45) is 12.1. The van der Waals surface area contributed by atoms with Gasteiger partial charge in [0.05, 0.1) is 17.9 Å². The first-order valence-corrected chi connectivity index (χ1v) is 15.2. The van der Waals surface area contributed by atoms with Gasteiger partial charge in [-0.05, 0) is 60.0 Å². The Labute approximate surface area is 257 Å². The fourth-order valence-corrected chi connectivity index (χ4v) is 5.87. The molecule has 6 rings (SSSR count). The van der Waals surface area contributed by atoms with Crippen LogP contribution in [0.2, 0.25) is 10.0 Å². The molecule has 214 valence electrons. The number of piperazine rings is 1. The van der Waals surface area contributed by atoms with Crippen LogP contribution in [0.15, 0.2) is 85.1 Å². The first-order valence-electron chi connectivity index (χ1n) is 14.5. The number of rotatable bonds is 9. The van der Waals surface area contributed by atoms with E-state index in [-0.39, 0.29) is 6.04 Å². The lowest BCUT2D eigenvalue weighted by Gasteiger charge is -2.39. The molecule has 1 aliphatic heterocycles. The topological polar surface area (TPSA) is 57.2 Å². The Kier molecular flexibility index (Phi) is 9.26. The van der Waals surface area contributed by atoms with E-state index in [1.165, 1.54) is 11.1 Å². The second kappa shape index (κ2) is 13.6. The molecule has 0 spiro atoms. The number of nitrogens with zero attached hydrogens (tertiary/aromatic N) is 5. The highest BCUT2D eigenvalue weighted by Gasteiger charge is 2.27. The molecule has 1 fully saturated rings. The molecule has 42 heavy (non-hydrogen) atoms. The van der Waals surface area contributed by atoms with Gasteiger partial charge in [0.15, 0.2) is 0 Å². The lowest BCUT2D eigenvalue weighted by atomic mass is 9.96. The fraction of sp³-hybridized carbons (Fsp3) is 0.265. The Balaban J connectivity index is 1.17. The molecule has 2 aromatic heterocycles. The van der Waals surface area contributed by atoms with Crippen LogP contribution in [-0.4, -0.2) is 57.5 Å². The minimum absolute atomic E-state index is 0.137. The second-order valence-corrected chi connectivity index (χ2v) is 11.5. The summed E-state index contributed by atoms with van der Waals surface area (Å²) in [5.74, 6) is 1.74. The number of aromatic nitrogens is 3. The molecule has 2 aromatic carbocycles. The standard InChI is InChI=1S/C34H34Cl2N6/c35-27-13-9-25(10-14-27)33(26-11-15-28(36)16-12-26)42-22-20-41(21-23-42)24-32-39-31-8-3-1-2-7-30(31)34(40-32)38-19-17-29-6-4-5-18-37-29/h1-2,4-16,18,33H,3,17,19-24H2,(H,38,39,40). The number of nitrogens with one attached hydrogen (secondary N) is 1. The van der Waals surface area contributed by atoms with Crippen LogP contribution in [0.4, 0.5) is 5.82 Å². The number of pyridine rings is 1. The van der Waals surface area contributed by atoms with Crippen molar-refractivity contribution in [2.45, 2.75) is 25.4 Å². The van der Waals surface area contributed by atoms with Gasteiger partial charge in [-0.2, -0.15) is 0 Å². The van der Waals surface area contributed by atoms with Crippen LogP contribution in [0.3, 0.4) is 0 Å². The van der Waals surface area contributed by atoms with Crippen molar-refractivity contribution < 1.29 is 0 Å². The molecule has 3 heterocycles.